The van der Waals surface area contributed by atoms with E-state index in [9.17, 15) is 19.3 Å². The molecule has 0 atom stereocenters. The molecule has 8 nitrogen and oxygen atoms in total. The molecule has 1 fully saturated rings. The molecule has 160 valence electrons. The molecule has 1 aromatic carbocycles. The van der Waals surface area contributed by atoms with E-state index in [1.807, 2.05) is 6.07 Å². The van der Waals surface area contributed by atoms with E-state index in [0.29, 0.717) is 11.3 Å². The van der Waals surface area contributed by atoms with Crippen molar-refractivity contribution in [3.8, 4) is 5.88 Å². The summed E-state index contributed by atoms with van der Waals surface area (Å²) < 4.78 is 24.3. The van der Waals surface area contributed by atoms with Gasteiger partial charge in [-0.2, -0.15) is 0 Å². The van der Waals surface area contributed by atoms with E-state index in [-0.39, 0.29) is 40.0 Å². The van der Waals surface area contributed by atoms with E-state index in [4.69, 9.17) is 9.47 Å². The Balaban J connectivity index is 1.87. The second kappa shape index (κ2) is 7.84. The molecular formula is C21H17BrFN3O5. The molecule has 31 heavy (non-hydrogen) atoms. The number of ether oxygens (including phenoxy) is 2. The summed E-state index contributed by atoms with van der Waals surface area (Å²) in [5, 5.41) is 12.2. The van der Waals surface area contributed by atoms with Crippen LogP contribution in [0, 0.1) is 15.9 Å². The number of hydrogen-bond acceptors (Lipinski definition) is 7. The predicted octanol–water partition coefficient (Wildman–Crippen LogP) is 4.44. The molecule has 0 N–H and O–H groups in total. The molecule has 2 heterocycles. The molecule has 0 aliphatic heterocycles. The second-order valence-corrected chi connectivity index (χ2v) is 8.23. The fourth-order valence-corrected chi connectivity index (χ4v) is 4.60. The monoisotopic (exact) mass is 489 g/mol. The van der Waals surface area contributed by atoms with E-state index < -0.39 is 22.1 Å². The van der Waals surface area contributed by atoms with E-state index >= 15 is 0 Å². The Morgan fingerprint density at radius 2 is 2.00 bits per heavy atom. The summed E-state index contributed by atoms with van der Waals surface area (Å²) >= 11 is 3.13. The van der Waals surface area contributed by atoms with Gasteiger partial charge in [-0.05, 0) is 46.3 Å². The lowest BCUT2D eigenvalue weighted by atomic mass is 9.56. The lowest BCUT2D eigenvalue weighted by Gasteiger charge is -2.45. The third kappa shape index (κ3) is 3.40. The molecule has 2 aromatic heterocycles. The molecule has 0 radical (unpaired) electrons. The van der Waals surface area contributed by atoms with Gasteiger partial charge in [0.2, 0.25) is 5.88 Å². The maximum atomic E-state index is 14.1. The number of fused-ring (bicyclic) bond motifs is 1. The molecule has 3 aromatic rings. The zero-order valence-corrected chi connectivity index (χ0v) is 18.2. The van der Waals surface area contributed by atoms with Gasteiger partial charge in [0, 0.05) is 23.7 Å². The van der Waals surface area contributed by atoms with Crippen molar-refractivity contribution in [3.05, 3.63) is 68.2 Å². The highest BCUT2D eigenvalue weighted by Gasteiger charge is 2.56. The highest BCUT2D eigenvalue weighted by atomic mass is 79.9. The lowest BCUT2D eigenvalue weighted by molar-refractivity contribution is -0.386. The first-order valence-corrected chi connectivity index (χ1v) is 10.1. The van der Waals surface area contributed by atoms with Crippen molar-refractivity contribution >= 4 is 38.5 Å². The highest BCUT2D eigenvalue weighted by Crippen LogP contribution is 2.56. The average Bonchev–Trinajstić information content (AvgIpc) is 2.74. The van der Waals surface area contributed by atoms with Gasteiger partial charge in [0.1, 0.15) is 17.4 Å². The van der Waals surface area contributed by atoms with Crippen molar-refractivity contribution in [2.75, 3.05) is 14.2 Å². The SMILES string of the molecule is COC(=O)C1(c2c([N+](=O)[O-])cnc3cc(F)c(Br)cc23)CC(c2ccc(OC)nc2)C1. The fourth-order valence-electron chi connectivity index (χ4n) is 4.26. The van der Waals surface area contributed by atoms with Crippen molar-refractivity contribution in [2.45, 2.75) is 24.2 Å². The molecule has 10 heteroatoms. The second-order valence-electron chi connectivity index (χ2n) is 7.37. The van der Waals surface area contributed by atoms with Crippen LogP contribution in [0.2, 0.25) is 0 Å². The largest absolute Gasteiger partial charge is 0.481 e. The maximum Gasteiger partial charge on any atom is 0.316 e. The van der Waals surface area contributed by atoms with Gasteiger partial charge in [-0.1, -0.05) is 6.07 Å². The highest BCUT2D eigenvalue weighted by molar-refractivity contribution is 9.10. The van der Waals surface area contributed by atoms with Crippen LogP contribution < -0.4 is 4.74 Å². The first-order valence-electron chi connectivity index (χ1n) is 9.31. The first-order chi connectivity index (χ1) is 14.8. The molecule has 0 amide bonds. The van der Waals surface area contributed by atoms with Crippen molar-refractivity contribution in [1.29, 1.82) is 0 Å². The van der Waals surface area contributed by atoms with Gasteiger partial charge < -0.3 is 9.47 Å². The van der Waals surface area contributed by atoms with Gasteiger partial charge in [0.05, 0.1) is 34.7 Å². The minimum absolute atomic E-state index is 0.0655. The van der Waals surface area contributed by atoms with E-state index in [2.05, 4.69) is 25.9 Å². The third-order valence-corrected chi connectivity index (χ3v) is 6.38. The minimum atomic E-state index is -1.26. The Labute approximate surface area is 184 Å². The minimum Gasteiger partial charge on any atom is -0.481 e. The van der Waals surface area contributed by atoms with Crippen LogP contribution in [0.25, 0.3) is 10.9 Å². The predicted molar refractivity (Wildman–Crippen MR) is 113 cm³/mol. The summed E-state index contributed by atoms with van der Waals surface area (Å²) in [4.78, 5) is 32.5. The molecule has 0 saturated heterocycles. The number of benzene rings is 1. The normalized spacial score (nSPS) is 20.2. The Morgan fingerprint density at radius 1 is 1.26 bits per heavy atom. The van der Waals surface area contributed by atoms with Crippen LogP contribution in [0.1, 0.15) is 29.9 Å². The Bertz CT molecular complexity index is 1200. The number of rotatable bonds is 5. The molecule has 4 rings (SSSR count). The van der Waals surface area contributed by atoms with Crippen molar-refractivity contribution in [2.24, 2.45) is 0 Å². The number of carbonyl (C=O) groups is 1. The van der Waals surface area contributed by atoms with Gasteiger partial charge in [-0.15, -0.1) is 0 Å². The number of esters is 1. The number of hydrogen-bond donors (Lipinski definition) is 0. The zero-order chi connectivity index (χ0) is 22.3. The summed E-state index contributed by atoms with van der Waals surface area (Å²) in [6.07, 6.45) is 3.29. The standard InChI is InChI=1S/C21H17BrFN3O5/c1-30-18-4-3-11(9-25-18)12-7-21(8-12,20(27)31-2)19-13-5-14(22)15(23)6-16(13)24-10-17(19)26(28)29/h3-6,9-10,12H,7-8H2,1-2H3. The van der Waals surface area contributed by atoms with Gasteiger partial charge >= 0.3 is 5.97 Å². The van der Waals surface area contributed by atoms with Gasteiger partial charge in [0.15, 0.2) is 0 Å². The number of carbonyl (C=O) groups excluding carboxylic acids is 1. The van der Waals surface area contributed by atoms with Crippen LogP contribution in [-0.4, -0.2) is 35.1 Å². The van der Waals surface area contributed by atoms with Crippen molar-refractivity contribution in [3.63, 3.8) is 0 Å². The first kappa shape index (κ1) is 21.1. The van der Waals surface area contributed by atoms with E-state index in [0.717, 1.165) is 11.8 Å². The van der Waals surface area contributed by atoms with Crippen LogP contribution in [-0.2, 0) is 14.9 Å². The number of halogens is 2. The number of pyridine rings is 2. The molecule has 1 aliphatic carbocycles. The van der Waals surface area contributed by atoms with Crippen LogP contribution >= 0.6 is 15.9 Å². The van der Waals surface area contributed by atoms with E-state index in [1.54, 1.807) is 12.3 Å². The summed E-state index contributed by atoms with van der Waals surface area (Å²) in [6.45, 7) is 0. The molecule has 0 spiro atoms. The number of methoxy groups -OCH3 is 2. The smallest absolute Gasteiger partial charge is 0.316 e. The number of nitro groups is 1. The van der Waals surface area contributed by atoms with Crippen LogP contribution in [0.15, 0.2) is 41.1 Å². The Hall–Kier alpha value is -3.14. The van der Waals surface area contributed by atoms with Crippen LogP contribution in [0.4, 0.5) is 10.1 Å². The Morgan fingerprint density at radius 3 is 2.58 bits per heavy atom. The van der Waals surface area contributed by atoms with Crippen LogP contribution in [0.5, 0.6) is 5.88 Å². The van der Waals surface area contributed by atoms with Gasteiger partial charge in [-0.25, -0.2) is 14.4 Å². The summed E-state index contributed by atoms with van der Waals surface area (Å²) in [7, 11) is 2.76. The van der Waals surface area contributed by atoms with Crippen LogP contribution in [0.3, 0.4) is 0 Å². The Kier molecular flexibility index (Phi) is 5.34. The molecule has 0 unspecified atom stereocenters. The van der Waals surface area contributed by atoms with E-state index in [1.165, 1.54) is 26.4 Å². The quantitative estimate of drug-likeness (QED) is 0.296. The van der Waals surface area contributed by atoms with Gasteiger partial charge in [0.25, 0.3) is 5.69 Å². The number of aromatic nitrogens is 2. The third-order valence-electron chi connectivity index (χ3n) is 5.77. The zero-order valence-electron chi connectivity index (χ0n) is 16.6. The topological polar surface area (TPSA) is 104 Å². The molecule has 1 aliphatic rings. The molecule has 0 bridgehead atoms. The van der Waals surface area contributed by atoms with Crippen molar-refractivity contribution < 1.29 is 23.6 Å². The fraction of sp³-hybridized carbons (Fsp3) is 0.286. The maximum absolute atomic E-state index is 14.1. The lowest BCUT2D eigenvalue weighted by Crippen LogP contribution is -2.48. The summed E-state index contributed by atoms with van der Waals surface area (Å²) in [5.74, 6) is -0.738. The summed E-state index contributed by atoms with van der Waals surface area (Å²) in [6, 6.07) is 6.18. The van der Waals surface area contributed by atoms with Gasteiger partial charge in [-0.3, -0.25) is 14.9 Å². The summed E-state index contributed by atoms with van der Waals surface area (Å²) in [5.41, 5.74) is -0.275. The molecular weight excluding hydrogens is 473 g/mol. The van der Waals surface area contributed by atoms with Crippen molar-refractivity contribution in [1.82, 2.24) is 9.97 Å². The average molecular weight is 490 g/mol. The molecule has 1 saturated carbocycles. The number of nitrogens with zero attached hydrogens (tertiary/aromatic N) is 3.